The van der Waals surface area contributed by atoms with E-state index in [1.54, 1.807) is 0 Å². The molecule has 0 unspecified atom stereocenters. The molecule has 0 aromatic heterocycles. The summed E-state index contributed by atoms with van der Waals surface area (Å²) in [6.07, 6.45) is 0. The first-order chi connectivity index (χ1) is 31.2. The highest BCUT2D eigenvalue weighted by atomic mass is 15.2. The van der Waals surface area contributed by atoms with E-state index in [1.165, 1.54) is 99.9 Å². The van der Waals surface area contributed by atoms with Crippen molar-refractivity contribution in [1.82, 2.24) is 0 Å². The van der Waals surface area contributed by atoms with Crippen molar-refractivity contribution in [2.75, 3.05) is 9.80 Å². The molecule has 0 atom stereocenters. The summed E-state index contributed by atoms with van der Waals surface area (Å²) in [5, 5.41) is 5.04. The van der Waals surface area contributed by atoms with Crippen LogP contribution in [0.4, 0.5) is 34.1 Å². The minimum atomic E-state index is -0.217. The fourth-order valence-electron chi connectivity index (χ4n) is 10.7. The molecule has 2 aliphatic heterocycles. The normalized spacial score (nSPS) is 14.4. The Hall–Kier alpha value is -7.68. The van der Waals surface area contributed by atoms with Crippen LogP contribution in [0.25, 0.3) is 54.9 Å². The van der Waals surface area contributed by atoms with Crippen molar-refractivity contribution in [3.63, 3.8) is 0 Å². The smallest absolute Gasteiger partial charge is 0.0503 e. The molecule has 306 valence electrons. The van der Waals surface area contributed by atoms with Gasteiger partial charge in [-0.25, -0.2) is 0 Å². The molecule has 12 rings (SSSR count). The number of anilines is 6. The van der Waals surface area contributed by atoms with Crippen LogP contribution in [0.15, 0.2) is 218 Å². The van der Waals surface area contributed by atoms with Crippen molar-refractivity contribution in [2.24, 2.45) is 0 Å². The quantitative estimate of drug-likeness (QED) is 0.171. The zero-order valence-electron chi connectivity index (χ0n) is 36.7. The molecule has 2 heterocycles. The van der Waals surface area contributed by atoms with Crippen molar-refractivity contribution >= 4 is 55.7 Å². The summed E-state index contributed by atoms with van der Waals surface area (Å²) in [6, 6.07) is 81.0. The number of rotatable bonds is 5. The summed E-state index contributed by atoms with van der Waals surface area (Å²) < 4.78 is 0. The van der Waals surface area contributed by atoms with Gasteiger partial charge in [-0.3, -0.25) is 0 Å². The molecular weight excluding hydrogens is 773 g/mol. The van der Waals surface area contributed by atoms with Crippen molar-refractivity contribution in [3.8, 4) is 33.4 Å². The monoisotopic (exact) mass is 820 g/mol. The lowest BCUT2D eigenvalue weighted by atomic mass is 9.71. The SMILES string of the molecule is CC1(C)c2ccccc2N(c2ccc(-c3ccc4ccccc4c3)cc2)c2ccc(-c3ccc4c(c3)C(C)(C)c3ccccc3N4c3ccc(-c4ccc5ccccc5c4)cc3)cc21. The first-order valence-electron chi connectivity index (χ1n) is 22.5. The van der Waals surface area contributed by atoms with Gasteiger partial charge in [-0.1, -0.05) is 173 Å². The molecular formula is C62H48N2. The molecule has 0 amide bonds. The topological polar surface area (TPSA) is 6.48 Å². The standard InChI is InChI=1S/C62H48N2/c1-61(2)53-17-9-11-19-57(53)63(51-31-25-43(26-32-51)47-23-21-41-13-5-7-15-45(41)37-47)59-35-29-49(39-55(59)61)50-30-36-60-56(40-50)62(3,4)54-18-10-12-20-58(54)64(60)52-33-27-44(28-34-52)48-24-22-42-14-6-8-16-46(42)38-48/h5-40H,1-4H3. The highest BCUT2D eigenvalue weighted by molar-refractivity contribution is 5.93. The van der Waals surface area contributed by atoms with Crippen LogP contribution < -0.4 is 9.80 Å². The summed E-state index contributed by atoms with van der Waals surface area (Å²) in [5.74, 6) is 0. The third kappa shape index (κ3) is 6.01. The summed E-state index contributed by atoms with van der Waals surface area (Å²) >= 11 is 0. The third-order valence-electron chi connectivity index (χ3n) is 14.2. The molecule has 10 aromatic rings. The number of benzene rings is 10. The van der Waals surface area contributed by atoms with Crippen molar-refractivity contribution in [2.45, 2.75) is 38.5 Å². The summed E-state index contributed by atoms with van der Waals surface area (Å²) in [7, 11) is 0. The number of fused-ring (bicyclic) bond motifs is 6. The second kappa shape index (κ2) is 14.4. The van der Waals surface area contributed by atoms with E-state index in [4.69, 9.17) is 0 Å². The van der Waals surface area contributed by atoms with Gasteiger partial charge in [-0.15, -0.1) is 0 Å². The van der Waals surface area contributed by atoms with Gasteiger partial charge in [0.1, 0.15) is 0 Å². The molecule has 0 N–H and O–H groups in total. The van der Waals surface area contributed by atoms with Crippen LogP contribution in [-0.4, -0.2) is 0 Å². The lowest BCUT2D eigenvalue weighted by Crippen LogP contribution is -2.31. The molecule has 2 nitrogen and oxygen atoms in total. The fraction of sp³-hybridized carbons (Fsp3) is 0.0968. The van der Waals surface area contributed by atoms with Gasteiger partial charge in [0.25, 0.3) is 0 Å². The van der Waals surface area contributed by atoms with Gasteiger partial charge >= 0.3 is 0 Å². The van der Waals surface area contributed by atoms with Crippen LogP contribution in [0.5, 0.6) is 0 Å². The molecule has 2 heteroatoms. The molecule has 2 aliphatic rings. The number of hydrogen-bond acceptors (Lipinski definition) is 2. The molecule has 0 saturated carbocycles. The van der Waals surface area contributed by atoms with Gasteiger partial charge in [-0.2, -0.15) is 0 Å². The van der Waals surface area contributed by atoms with Gasteiger partial charge in [0.05, 0.1) is 22.7 Å². The second-order valence-corrected chi connectivity index (χ2v) is 18.6. The van der Waals surface area contributed by atoms with E-state index < -0.39 is 0 Å². The molecule has 0 spiro atoms. The Morgan fingerprint density at radius 2 is 0.562 bits per heavy atom. The predicted molar refractivity (Wildman–Crippen MR) is 271 cm³/mol. The predicted octanol–water partition coefficient (Wildman–Crippen LogP) is 17.2. The van der Waals surface area contributed by atoms with Gasteiger partial charge in [0.2, 0.25) is 0 Å². The van der Waals surface area contributed by atoms with E-state index in [9.17, 15) is 0 Å². The maximum atomic E-state index is 2.46. The second-order valence-electron chi connectivity index (χ2n) is 18.6. The average molecular weight is 821 g/mol. The number of hydrogen-bond donors (Lipinski definition) is 0. The maximum Gasteiger partial charge on any atom is 0.0503 e. The first kappa shape index (κ1) is 38.0. The van der Waals surface area contributed by atoms with Gasteiger partial charge in [0.15, 0.2) is 0 Å². The highest BCUT2D eigenvalue weighted by Gasteiger charge is 2.39. The molecule has 0 fully saturated rings. The van der Waals surface area contributed by atoms with Gasteiger partial charge in [0, 0.05) is 22.2 Å². The zero-order chi connectivity index (χ0) is 43.2. The van der Waals surface area contributed by atoms with Crippen molar-refractivity contribution < 1.29 is 0 Å². The Morgan fingerprint density at radius 3 is 0.984 bits per heavy atom. The first-order valence-corrected chi connectivity index (χ1v) is 22.5. The van der Waals surface area contributed by atoms with E-state index in [-0.39, 0.29) is 10.8 Å². The average Bonchev–Trinajstić information content (AvgIpc) is 3.34. The summed E-state index contributed by atoms with van der Waals surface area (Å²) in [6.45, 7) is 9.52. The van der Waals surface area contributed by atoms with Crippen LogP contribution >= 0.6 is 0 Å². The molecule has 0 saturated heterocycles. The van der Waals surface area contributed by atoms with Crippen molar-refractivity contribution in [1.29, 1.82) is 0 Å². The Labute approximate surface area is 376 Å². The molecule has 0 bridgehead atoms. The Kier molecular flexibility index (Phi) is 8.58. The Morgan fingerprint density at radius 1 is 0.250 bits per heavy atom. The van der Waals surface area contributed by atoms with Crippen LogP contribution in [0.2, 0.25) is 0 Å². The lowest BCUT2D eigenvalue weighted by Gasteiger charge is -2.43. The van der Waals surface area contributed by atoms with Crippen LogP contribution in [-0.2, 0) is 10.8 Å². The van der Waals surface area contributed by atoms with E-state index in [1.807, 2.05) is 0 Å². The largest absolute Gasteiger partial charge is 0.310 e. The highest BCUT2D eigenvalue weighted by Crippen LogP contribution is 2.55. The zero-order valence-corrected chi connectivity index (χ0v) is 36.7. The van der Waals surface area contributed by atoms with Crippen LogP contribution in [0, 0.1) is 0 Å². The van der Waals surface area contributed by atoms with Crippen LogP contribution in [0.3, 0.4) is 0 Å². The van der Waals surface area contributed by atoms with E-state index in [2.05, 4.69) is 256 Å². The Balaban J connectivity index is 0.927. The fourth-order valence-corrected chi connectivity index (χ4v) is 10.7. The molecule has 0 radical (unpaired) electrons. The minimum Gasteiger partial charge on any atom is -0.310 e. The number of para-hydroxylation sites is 2. The molecule has 64 heavy (non-hydrogen) atoms. The lowest BCUT2D eigenvalue weighted by molar-refractivity contribution is 0.631. The van der Waals surface area contributed by atoms with Gasteiger partial charge in [-0.05, 0) is 150 Å². The Bertz CT molecular complexity index is 3210. The minimum absolute atomic E-state index is 0.217. The molecule has 10 aromatic carbocycles. The summed E-state index contributed by atoms with van der Waals surface area (Å²) in [5.41, 5.74) is 19.4. The maximum absolute atomic E-state index is 2.46. The number of nitrogens with zero attached hydrogens (tertiary/aromatic N) is 2. The van der Waals surface area contributed by atoms with E-state index in [0.29, 0.717) is 0 Å². The summed E-state index contributed by atoms with van der Waals surface area (Å²) in [4.78, 5) is 4.92. The van der Waals surface area contributed by atoms with Crippen LogP contribution in [0.1, 0.15) is 49.9 Å². The van der Waals surface area contributed by atoms with E-state index >= 15 is 0 Å². The molecule has 0 aliphatic carbocycles. The third-order valence-corrected chi connectivity index (χ3v) is 14.2. The van der Waals surface area contributed by atoms with Crippen molar-refractivity contribution in [3.05, 3.63) is 241 Å². The van der Waals surface area contributed by atoms with Gasteiger partial charge < -0.3 is 9.80 Å². The van der Waals surface area contributed by atoms with E-state index in [0.717, 1.165) is 11.4 Å².